The van der Waals surface area contributed by atoms with Crippen molar-refractivity contribution in [1.29, 1.82) is 5.26 Å². The number of hydrogen-bond acceptors (Lipinski definition) is 7. The summed E-state index contributed by atoms with van der Waals surface area (Å²) in [4.78, 5) is 51.1. The van der Waals surface area contributed by atoms with Crippen LogP contribution in [-0.2, 0) is 23.9 Å². The molecule has 0 saturated carbocycles. The quantitative estimate of drug-likeness (QED) is 0.446. The van der Waals surface area contributed by atoms with E-state index in [1.165, 1.54) is 14.0 Å². The summed E-state index contributed by atoms with van der Waals surface area (Å²) >= 11 is 0. The molecule has 0 aliphatic heterocycles. The number of nitriles is 1. The van der Waals surface area contributed by atoms with Crippen molar-refractivity contribution in [2.75, 3.05) is 20.2 Å². The van der Waals surface area contributed by atoms with E-state index in [9.17, 15) is 24.4 Å². The van der Waals surface area contributed by atoms with Gasteiger partial charge in [-0.15, -0.1) is 0 Å². The number of methoxy groups -OCH3 is 1. The lowest BCUT2D eigenvalue weighted by atomic mass is 9.98. The maximum atomic E-state index is 13.3. The number of amides is 3. The highest BCUT2D eigenvalue weighted by Crippen LogP contribution is 2.24. The van der Waals surface area contributed by atoms with Gasteiger partial charge in [0.1, 0.15) is 30.8 Å². The van der Waals surface area contributed by atoms with Gasteiger partial charge in [0, 0.05) is 0 Å². The molecule has 0 aliphatic carbocycles. The third-order valence-electron chi connectivity index (χ3n) is 4.38. The number of hydrogen-bond donors (Lipinski definition) is 2. The molecule has 2 unspecified atom stereocenters. The fourth-order valence-corrected chi connectivity index (χ4v) is 3.14. The first-order valence-electron chi connectivity index (χ1n) is 10.4. The molecule has 1 aromatic carbocycles. The van der Waals surface area contributed by atoms with Crippen LogP contribution in [0.3, 0.4) is 0 Å². The summed E-state index contributed by atoms with van der Waals surface area (Å²) < 4.78 is 9.74. The largest absolute Gasteiger partial charge is 0.468 e. The molecule has 10 heteroatoms. The molecule has 2 atom stereocenters. The summed E-state index contributed by atoms with van der Waals surface area (Å²) in [5, 5.41) is 14.3. The average molecular weight is 461 g/mol. The fraction of sp³-hybridized carbons (Fsp3) is 0.522. The van der Waals surface area contributed by atoms with Crippen LogP contribution in [0.1, 0.15) is 50.4 Å². The molecule has 1 rings (SSSR count). The molecule has 0 heterocycles. The van der Waals surface area contributed by atoms with Gasteiger partial charge in [0.15, 0.2) is 0 Å². The zero-order chi connectivity index (χ0) is 25.3. The van der Waals surface area contributed by atoms with Crippen LogP contribution in [0.25, 0.3) is 0 Å². The molecular weight excluding hydrogens is 428 g/mol. The second kappa shape index (κ2) is 11.9. The normalized spacial score (nSPS) is 12.5. The number of nitrogens with one attached hydrogen (secondary N) is 2. The van der Waals surface area contributed by atoms with Gasteiger partial charge < -0.3 is 25.0 Å². The predicted molar refractivity (Wildman–Crippen MR) is 120 cm³/mol. The molecule has 180 valence electrons. The Bertz CT molecular complexity index is 912. The van der Waals surface area contributed by atoms with Crippen molar-refractivity contribution in [3.05, 3.63) is 34.9 Å². The summed E-state index contributed by atoms with van der Waals surface area (Å²) in [5.74, 6) is -2.00. The second-order valence-corrected chi connectivity index (χ2v) is 8.61. The Morgan fingerprint density at radius 1 is 1.12 bits per heavy atom. The van der Waals surface area contributed by atoms with Crippen LogP contribution in [0.2, 0.25) is 0 Å². The lowest BCUT2D eigenvalue weighted by Crippen LogP contribution is -2.52. The van der Waals surface area contributed by atoms with E-state index in [0.29, 0.717) is 5.56 Å². The first kappa shape index (κ1) is 27.4. The van der Waals surface area contributed by atoms with Gasteiger partial charge in [-0.25, -0.2) is 4.79 Å². The lowest BCUT2D eigenvalue weighted by Gasteiger charge is -2.32. The Hall–Kier alpha value is -3.61. The van der Waals surface area contributed by atoms with Gasteiger partial charge in [-0.2, -0.15) is 5.26 Å². The van der Waals surface area contributed by atoms with Crippen LogP contribution in [0, 0.1) is 25.2 Å². The molecule has 0 saturated heterocycles. The Morgan fingerprint density at radius 3 is 2.18 bits per heavy atom. The maximum Gasteiger partial charge on any atom is 0.408 e. The molecule has 1 aromatic rings. The number of carbonyl (C=O) groups excluding carboxylic acids is 4. The van der Waals surface area contributed by atoms with Gasteiger partial charge in [0.2, 0.25) is 11.8 Å². The van der Waals surface area contributed by atoms with Crippen molar-refractivity contribution in [2.45, 2.75) is 59.2 Å². The Kier molecular flexibility index (Phi) is 9.85. The second-order valence-electron chi connectivity index (χ2n) is 8.61. The van der Waals surface area contributed by atoms with E-state index in [0.717, 1.165) is 16.0 Å². The summed E-state index contributed by atoms with van der Waals surface area (Å²) in [6, 6.07) is 4.93. The van der Waals surface area contributed by atoms with E-state index in [1.54, 1.807) is 32.9 Å². The van der Waals surface area contributed by atoms with E-state index in [1.807, 2.05) is 26.0 Å². The van der Waals surface area contributed by atoms with Crippen molar-refractivity contribution in [2.24, 2.45) is 0 Å². The van der Waals surface area contributed by atoms with E-state index in [2.05, 4.69) is 15.4 Å². The lowest BCUT2D eigenvalue weighted by molar-refractivity contribution is -0.144. The number of carbonyl (C=O) groups is 4. The number of ether oxygens (including phenoxy) is 2. The zero-order valence-electron chi connectivity index (χ0n) is 20.1. The summed E-state index contributed by atoms with van der Waals surface area (Å²) in [7, 11) is 1.19. The van der Waals surface area contributed by atoms with Crippen LogP contribution in [0.5, 0.6) is 0 Å². The molecule has 0 aliphatic rings. The van der Waals surface area contributed by atoms with Crippen molar-refractivity contribution in [1.82, 2.24) is 15.5 Å². The van der Waals surface area contributed by atoms with E-state index in [-0.39, 0.29) is 0 Å². The van der Waals surface area contributed by atoms with E-state index in [4.69, 9.17) is 4.74 Å². The highest BCUT2D eigenvalue weighted by Gasteiger charge is 2.35. The molecule has 0 spiro atoms. The first-order valence-corrected chi connectivity index (χ1v) is 10.4. The minimum atomic E-state index is -1.22. The summed E-state index contributed by atoms with van der Waals surface area (Å²) in [6.07, 6.45) is -0.807. The van der Waals surface area contributed by atoms with Crippen molar-refractivity contribution >= 4 is 23.9 Å². The highest BCUT2D eigenvalue weighted by atomic mass is 16.6. The number of nitrogens with zero attached hydrogens (tertiary/aromatic N) is 2. The molecule has 3 amide bonds. The van der Waals surface area contributed by atoms with Gasteiger partial charge in [-0.3, -0.25) is 14.4 Å². The Labute approximate surface area is 194 Å². The van der Waals surface area contributed by atoms with Gasteiger partial charge >= 0.3 is 12.1 Å². The molecule has 33 heavy (non-hydrogen) atoms. The van der Waals surface area contributed by atoms with Crippen molar-refractivity contribution in [3.63, 3.8) is 0 Å². The van der Waals surface area contributed by atoms with Gasteiger partial charge in [0.25, 0.3) is 0 Å². The first-order chi connectivity index (χ1) is 15.3. The molecule has 2 N–H and O–H groups in total. The predicted octanol–water partition coefficient (Wildman–Crippen LogP) is 1.90. The fourth-order valence-electron chi connectivity index (χ4n) is 3.14. The van der Waals surface area contributed by atoms with E-state index >= 15 is 0 Å². The standard InChI is InChI=1S/C23H32N4O6/c1-14-10-15(2)12-17(11-14)19(20(29)25-13-18(28)32-7)27(9-8-24)21(30)16(3)26-22(31)33-23(4,5)6/h10-12,16,19H,9,13H2,1-7H3,(H,25,29)(H,26,31). The summed E-state index contributed by atoms with van der Waals surface area (Å²) in [5.41, 5.74) is 1.39. The Morgan fingerprint density at radius 2 is 1.70 bits per heavy atom. The number of rotatable bonds is 8. The molecule has 0 fully saturated rings. The highest BCUT2D eigenvalue weighted by molar-refractivity contribution is 5.93. The average Bonchev–Trinajstić information content (AvgIpc) is 2.68. The molecule has 0 aromatic heterocycles. The van der Waals surface area contributed by atoms with Gasteiger partial charge in [-0.05, 0) is 47.1 Å². The third-order valence-corrected chi connectivity index (χ3v) is 4.38. The Balaban J connectivity index is 3.32. The molecular formula is C23H32N4O6. The molecule has 0 bridgehead atoms. The van der Waals surface area contributed by atoms with Gasteiger partial charge in [0.05, 0.1) is 13.2 Å². The topological polar surface area (TPSA) is 138 Å². The van der Waals surface area contributed by atoms with Crippen LogP contribution in [0.15, 0.2) is 18.2 Å². The SMILES string of the molecule is COC(=O)CNC(=O)C(c1cc(C)cc(C)c1)N(CC#N)C(=O)C(C)NC(=O)OC(C)(C)C. The number of esters is 1. The minimum Gasteiger partial charge on any atom is -0.468 e. The number of alkyl carbamates (subject to hydrolysis) is 1. The summed E-state index contributed by atoms with van der Waals surface area (Å²) in [6.45, 7) is 9.32. The van der Waals surface area contributed by atoms with Crippen LogP contribution in [-0.4, -0.2) is 60.6 Å². The van der Waals surface area contributed by atoms with Crippen LogP contribution >= 0.6 is 0 Å². The molecule has 10 nitrogen and oxygen atoms in total. The maximum absolute atomic E-state index is 13.3. The number of benzene rings is 1. The number of aryl methyl sites for hydroxylation is 2. The smallest absolute Gasteiger partial charge is 0.408 e. The van der Waals surface area contributed by atoms with Gasteiger partial charge in [-0.1, -0.05) is 29.3 Å². The third kappa shape index (κ3) is 8.80. The van der Waals surface area contributed by atoms with Crippen molar-refractivity contribution in [3.8, 4) is 6.07 Å². The van der Waals surface area contributed by atoms with E-state index < -0.39 is 54.7 Å². The monoisotopic (exact) mass is 460 g/mol. The zero-order valence-corrected chi connectivity index (χ0v) is 20.1. The van der Waals surface area contributed by atoms with Crippen LogP contribution < -0.4 is 10.6 Å². The molecule has 0 radical (unpaired) electrons. The minimum absolute atomic E-state index is 0.406. The van der Waals surface area contributed by atoms with Crippen molar-refractivity contribution < 1.29 is 28.7 Å². The van der Waals surface area contributed by atoms with Crippen LogP contribution in [0.4, 0.5) is 4.79 Å².